The molecule has 118 valence electrons. The Kier molecular flexibility index (Phi) is 4.54. The van der Waals surface area contributed by atoms with Gasteiger partial charge in [0.05, 0.1) is 16.0 Å². The molecule has 0 saturated carbocycles. The highest BCUT2D eigenvalue weighted by atomic mass is 32.2. The van der Waals surface area contributed by atoms with Crippen LogP contribution in [-0.4, -0.2) is 16.6 Å². The number of aryl methyl sites for hydroxylation is 2. The SMILES string of the molecule is Cc1ccc(C)c(NC(=O)CSc2nc3ccc(N)cc3s2)c1. The number of thiazole rings is 1. The van der Waals surface area contributed by atoms with Crippen LogP contribution >= 0.6 is 23.1 Å². The lowest BCUT2D eigenvalue weighted by Gasteiger charge is -2.08. The average molecular weight is 343 g/mol. The van der Waals surface area contributed by atoms with E-state index < -0.39 is 0 Å². The second kappa shape index (κ2) is 6.60. The lowest BCUT2D eigenvalue weighted by molar-refractivity contribution is -0.113. The number of amides is 1. The van der Waals surface area contributed by atoms with E-state index in [1.165, 1.54) is 11.8 Å². The van der Waals surface area contributed by atoms with E-state index in [-0.39, 0.29) is 5.91 Å². The van der Waals surface area contributed by atoms with Gasteiger partial charge in [-0.05, 0) is 49.2 Å². The summed E-state index contributed by atoms with van der Waals surface area (Å²) in [5.41, 5.74) is 10.5. The highest BCUT2D eigenvalue weighted by Crippen LogP contribution is 2.30. The molecule has 2 aromatic carbocycles. The molecule has 1 amide bonds. The Hall–Kier alpha value is -2.05. The number of benzene rings is 2. The Balaban J connectivity index is 1.64. The third-order valence-electron chi connectivity index (χ3n) is 3.39. The lowest BCUT2D eigenvalue weighted by atomic mass is 10.1. The number of hydrogen-bond donors (Lipinski definition) is 2. The summed E-state index contributed by atoms with van der Waals surface area (Å²) in [6.45, 7) is 4.00. The molecule has 3 rings (SSSR count). The summed E-state index contributed by atoms with van der Waals surface area (Å²) in [4.78, 5) is 16.7. The third-order valence-corrected chi connectivity index (χ3v) is 5.55. The van der Waals surface area contributed by atoms with Crippen LogP contribution in [0, 0.1) is 13.8 Å². The number of carbonyl (C=O) groups is 1. The summed E-state index contributed by atoms with van der Waals surface area (Å²) in [7, 11) is 0. The number of rotatable bonds is 4. The topological polar surface area (TPSA) is 68.0 Å². The Bertz CT molecular complexity index is 873. The van der Waals surface area contributed by atoms with Gasteiger partial charge in [0.2, 0.25) is 5.91 Å². The van der Waals surface area contributed by atoms with Crippen LogP contribution in [0.25, 0.3) is 10.2 Å². The van der Waals surface area contributed by atoms with E-state index in [0.717, 1.165) is 37.1 Å². The molecule has 0 spiro atoms. The second-order valence-corrected chi connectivity index (χ2v) is 7.62. The van der Waals surface area contributed by atoms with Crippen molar-refractivity contribution < 1.29 is 4.79 Å². The fourth-order valence-electron chi connectivity index (χ4n) is 2.17. The van der Waals surface area contributed by atoms with Gasteiger partial charge in [-0.15, -0.1) is 11.3 Å². The molecule has 3 N–H and O–H groups in total. The maximum Gasteiger partial charge on any atom is 0.234 e. The summed E-state index contributed by atoms with van der Waals surface area (Å²) in [6.07, 6.45) is 0. The molecule has 0 saturated heterocycles. The van der Waals surface area contributed by atoms with E-state index in [0.29, 0.717) is 5.75 Å². The number of carbonyl (C=O) groups excluding carboxylic acids is 1. The Morgan fingerprint density at radius 1 is 1.26 bits per heavy atom. The maximum atomic E-state index is 12.1. The first-order chi connectivity index (χ1) is 11.0. The van der Waals surface area contributed by atoms with E-state index >= 15 is 0 Å². The largest absolute Gasteiger partial charge is 0.399 e. The summed E-state index contributed by atoms with van der Waals surface area (Å²) in [6, 6.07) is 11.7. The van der Waals surface area contributed by atoms with Gasteiger partial charge in [0.15, 0.2) is 4.34 Å². The highest BCUT2D eigenvalue weighted by Gasteiger charge is 2.09. The molecule has 0 aliphatic rings. The molecule has 1 aromatic heterocycles. The highest BCUT2D eigenvalue weighted by molar-refractivity contribution is 8.01. The third kappa shape index (κ3) is 3.83. The number of nitrogens with two attached hydrogens (primary N) is 1. The van der Waals surface area contributed by atoms with Gasteiger partial charge >= 0.3 is 0 Å². The molecular formula is C17H17N3OS2. The number of hydrogen-bond acceptors (Lipinski definition) is 5. The minimum Gasteiger partial charge on any atom is -0.399 e. The van der Waals surface area contributed by atoms with Gasteiger partial charge in [-0.3, -0.25) is 4.79 Å². The van der Waals surface area contributed by atoms with Gasteiger partial charge in [0.25, 0.3) is 0 Å². The van der Waals surface area contributed by atoms with Crippen LogP contribution in [0.4, 0.5) is 11.4 Å². The quantitative estimate of drug-likeness (QED) is 0.549. The van der Waals surface area contributed by atoms with Crippen LogP contribution in [-0.2, 0) is 4.79 Å². The predicted octanol–water partition coefficient (Wildman–Crippen LogP) is 4.23. The van der Waals surface area contributed by atoms with Crippen molar-refractivity contribution in [2.45, 2.75) is 18.2 Å². The summed E-state index contributed by atoms with van der Waals surface area (Å²) in [5, 5.41) is 2.96. The molecular weight excluding hydrogens is 326 g/mol. The molecule has 6 heteroatoms. The van der Waals surface area contributed by atoms with Gasteiger partial charge in [0, 0.05) is 11.4 Å². The second-order valence-electron chi connectivity index (χ2n) is 5.36. The minimum absolute atomic E-state index is 0.0255. The predicted molar refractivity (Wildman–Crippen MR) is 99.3 cm³/mol. The van der Waals surface area contributed by atoms with Crippen LogP contribution in [0.5, 0.6) is 0 Å². The van der Waals surface area contributed by atoms with E-state index in [9.17, 15) is 4.79 Å². The van der Waals surface area contributed by atoms with Crippen molar-refractivity contribution in [3.8, 4) is 0 Å². The molecule has 4 nitrogen and oxygen atoms in total. The van der Waals surface area contributed by atoms with Crippen molar-refractivity contribution >= 4 is 50.6 Å². The van der Waals surface area contributed by atoms with Crippen LogP contribution < -0.4 is 11.1 Å². The number of nitrogen functional groups attached to an aromatic ring is 1. The molecule has 0 atom stereocenters. The number of anilines is 2. The Morgan fingerprint density at radius 3 is 2.91 bits per heavy atom. The first kappa shape index (κ1) is 15.8. The molecule has 0 unspecified atom stereocenters. The van der Waals surface area contributed by atoms with Crippen molar-refractivity contribution in [1.82, 2.24) is 4.98 Å². The van der Waals surface area contributed by atoms with Gasteiger partial charge in [-0.2, -0.15) is 0 Å². The number of nitrogens with one attached hydrogen (secondary N) is 1. The van der Waals surface area contributed by atoms with Crippen LogP contribution in [0.1, 0.15) is 11.1 Å². The number of nitrogens with zero attached hydrogens (tertiary/aromatic N) is 1. The molecule has 0 fully saturated rings. The molecule has 3 aromatic rings. The first-order valence-corrected chi connectivity index (χ1v) is 8.97. The standard InChI is InChI=1S/C17H17N3OS2/c1-10-3-4-11(2)14(7-10)19-16(21)9-22-17-20-13-6-5-12(18)8-15(13)23-17/h3-8H,9,18H2,1-2H3,(H,19,21). The zero-order chi connectivity index (χ0) is 16.4. The van der Waals surface area contributed by atoms with E-state index in [1.54, 1.807) is 11.3 Å². The van der Waals surface area contributed by atoms with Gasteiger partial charge < -0.3 is 11.1 Å². The fourth-order valence-corrected chi connectivity index (χ4v) is 4.08. The van der Waals surface area contributed by atoms with E-state index in [2.05, 4.69) is 10.3 Å². The lowest BCUT2D eigenvalue weighted by Crippen LogP contribution is -2.14. The van der Waals surface area contributed by atoms with Crippen LogP contribution in [0.15, 0.2) is 40.7 Å². The Labute approximate surface area is 143 Å². The fraction of sp³-hybridized carbons (Fsp3) is 0.176. The van der Waals surface area contributed by atoms with Crippen molar-refractivity contribution in [1.29, 1.82) is 0 Å². The molecule has 23 heavy (non-hydrogen) atoms. The van der Waals surface area contributed by atoms with Crippen LogP contribution in [0.3, 0.4) is 0 Å². The van der Waals surface area contributed by atoms with Crippen molar-refractivity contribution in [2.75, 3.05) is 16.8 Å². The zero-order valence-electron chi connectivity index (χ0n) is 12.9. The number of aromatic nitrogens is 1. The average Bonchev–Trinajstić information content (AvgIpc) is 2.91. The summed E-state index contributed by atoms with van der Waals surface area (Å²) < 4.78 is 1.92. The smallest absolute Gasteiger partial charge is 0.234 e. The van der Waals surface area contributed by atoms with Crippen LogP contribution in [0.2, 0.25) is 0 Å². The minimum atomic E-state index is -0.0255. The van der Waals surface area contributed by atoms with Gasteiger partial charge in [-0.1, -0.05) is 23.9 Å². The molecule has 0 aliphatic carbocycles. The zero-order valence-corrected chi connectivity index (χ0v) is 14.6. The molecule has 0 bridgehead atoms. The first-order valence-electron chi connectivity index (χ1n) is 7.17. The number of thioether (sulfide) groups is 1. The molecule has 1 heterocycles. The Morgan fingerprint density at radius 2 is 2.09 bits per heavy atom. The summed E-state index contributed by atoms with van der Waals surface area (Å²) >= 11 is 3.00. The number of fused-ring (bicyclic) bond motifs is 1. The van der Waals surface area contributed by atoms with E-state index in [4.69, 9.17) is 5.73 Å². The molecule has 0 radical (unpaired) electrons. The van der Waals surface area contributed by atoms with Crippen molar-refractivity contribution in [3.05, 3.63) is 47.5 Å². The van der Waals surface area contributed by atoms with Gasteiger partial charge in [0.1, 0.15) is 0 Å². The van der Waals surface area contributed by atoms with Crippen molar-refractivity contribution in [2.24, 2.45) is 0 Å². The molecule has 0 aliphatic heterocycles. The van der Waals surface area contributed by atoms with Gasteiger partial charge in [-0.25, -0.2) is 4.98 Å². The normalized spacial score (nSPS) is 10.9. The monoisotopic (exact) mass is 343 g/mol. The van der Waals surface area contributed by atoms with Crippen molar-refractivity contribution in [3.63, 3.8) is 0 Å². The van der Waals surface area contributed by atoms with E-state index in [1.807, 2.05) is 50.2 Å². The summed E-state index contributed by atoms with van der Waals surface area (Å²) in [5.74, 6) is 0.311. The maximum absolute atomic E-state index is 12.1.